The van der Waals surface area contributed by atoms with Crippen molar-refractivity contribution in [3.63, 3.8) is 0 Å². The highest BCUT2D eigenvalue weighted by Gasteiger charge is 2.16. The van der Waals surface area contributed by atoms with Gasteiger partial charge in [0.25, 0.3) is 0 Å². The summed E-state index contributed by atoms with van der Waals surface area (Å²) in [6.07, 6.45) is 3.59. The molecular weight excluding hydrogens is 241 g/mol. The molecule has 0 saturated heterocycles. The van der Waals surface area contributed by atoms with E-state index in [1.165, 1.54) is 12.1 Å². The molecule has 0 aliphatic carbocycles. The number of hydrogen-bond donors (Lipinski definition) is 1. The van der Waals surface area contributed by atoms with Gasteiger partial charge in [-0.15, -0.1) is 0 Å². The van der Waals surface area contributed by atoms with Crippen LogP contribution in [0.4, 0.5) is 4.39 Å². The van der Waals surface area contributed by atoms with E-state index in [-0.39, 0.29) is 11.9 Å². The molecular formula is C16H20FNO. The molecule has 1 N–H and O–H groups in total. The Balaban J connectivity index is 2.14. The van der Waals surface area contributed by atoms with Crippen molar-refractivity contribution in [1.82, 2.24) is 5.32 Å². The third-order valence-electron chi connectivity index (χ3n) is 3.21. The molecule has 1 atom stereocenters. The Labute approximate surface area is 113 Å². The zero-order chi connectivity index (χ0) is 13.7. The first-order chi connectivity index (χ1) is 9.20. The summed E-state index contributed by atoms with van der Waals surface area (Å²) in [6.45, 7) is 5.12. The van der Waals surface area contributed by atoms with Crippen molar-refractivity contribution in [3.05, 3.63) is 59.3 Å². The Hall–Kier alpha value is -1.61. The topological polar surface area (TPSA) is 25.2 Å². The third-order valence-corrected chi connectivity index (χ3v) is 3.21. The average molecular weight is 261 g/mol. The molecule has 1 aromatic heterocycles. The van der Waals surface area contributed by atoms with Gasteiger partial charge in [0.15, 0.2) is 0 Å². The molecule has 0 bridgehead atoms. The van der Waals surface area contributed by atoms with Gasteiger partial charge in [0, 0.05) is 0 Å². The van der Waals surface area contributed by atoms with Crippen molar-refractivity contribution in [1.29, 1.82) is 0 Å². The Kier molecular flexibility index (Phi) is 4.74. The van der Waals surface area contributed by atoms with Crippen LogP contribution in [-0.4, -0.2) is 6.54 Å². The van der Waals surface area contributed by atoms with Crippen LogP contribution < -0.4 is 5.32 Å². The fourth-order valence-corrected chi connectivity index (χ4v) is 2.17. The third kappa shape index (κ3) is 3.67. The van der Waals surface area contributed by atoms with Gasteiger partial charge in [-0.25, -0.2) is 4.39 Å². The summed E-state index contributed by atoms with van der Waals surface area (Å²) >= 11 is 0. The molecule has 0 amide bonds. The van der Waals surface area contributed by atoms with Crippen LogP contribution in [0.5, 0.6) is 0 Å². The Morgan fingerprint density at radius 2 is 1.95 bits per heavy atom. The van der Waals surface area contributed by atoms with Crippen LogP contribution in [0.15, 0.2) is 41.0 Å². The first kappa shape index (κ1) is 13.8. The molecule has 0 fully saturated rings. The summed E-state index contributed by atoms with van der Waals surface area (Å²) in [7, 11) is 0. The summed E-state index contributed by atoms with van der Waals surface area (Å²) < 4.78 is 18.5. The van der Waals surface area contributed by atoms with E-state index < -0.39 is 0 Å². The van der Waals surface area contributed by atoms with Gasteiger partial charge in [-0.3, -0.25) is 0 Å². The van der Waals surface area contributed by atoms with Crippen LogP contribution in [0.1, 0.15) is 36.3 Å². The monoisotopic (exact) mass is 261 g/mol. The second-order valence-corrected chi connectivity index (χ2v) is 4.81. The van der Waals surface area contributed by atoms with Gasteiger partial charge in [-0.2, -0.15) is 0 Å². The van der Waals surface area contributed by atoms with Crippen LogP contribution >= 0.6 is 0 Å². The Morgan fingerprint density at radius 1 is 1.21 bits per heavy atom. The molecule has 2 rings (SSSR count). The minimum absolute atomic E-state index is 0.139. The molecule has 1 aromatic carbocycles. The standard InChI is InChI=1S/C16H20FNO/c1-3-9-18-15(16-12(2)8-10-19-16)11-13-4-6-14(17)7-5-13/h4-8,10,15,18H,3,9,11H2,1-2H3. The Bertz CT molecular complexity index is 504. The van der Waals surface area contributed by atoms with Gasteiger partial charge in [0.05, 0.1) is 12.3 Å². The van der Waals surface area contributed by atoms with Crippen LogP contribution in [0.25, 0.3) is 0 Å². The van der Waals surface area contributed by atoms with Gasteiger partial charge in [-0.1, -0.05) is 19.1 Å². The molecule has 1 heterocycles. The lowest BCUT2D eigenvalue weighted by Crippen LogP contribution is -2.24. The number of halogens is 1. The molecule has 2 nitrogen and oxygen atoms in total. The number of hydrogen-bond acceptors (Lipinski definition) is 2. The maximum atomic E-state index is 12.9. The first-order valence-corrected chi connectivity index (χ1v) is 6.72. The van der Waals surface area contributed by atoms with E-state index in [1.54, 1.807) is 6.26 Å². The lowest BCUT2D eigenvalue weighted by Gasteiger charge is -2.17. The number of benzene rings is 1. The zero-order valence-corrected chi connectivity index (χ0v) is 11.4. The van der Waals surface area contributed by atoms with Crippen molar-refractivity contribution in [2.45, 2.75) is 32.7 Å². The summed E-state index contributed by atoms with van der Waals surface area (Å²) in [4.78, 5) is 0. The predicted molar refractivity (Wildman–Crippen MR) is 74.6 cm³/mol. The lowest BCUT2D eigenvalue weighted by molar-refractivity contribution is 0.408. The van der Waals surface area contributed by atoms with Crippen molar-refractivity contribution in [3.8, 4) is 0 Å². The van der Waals surface area contributed by atoms with Crippen molar-refractivity contribution in [2.24, 2.45) is 0 Å². The van der Waals surface area contributed by atoms with Gasteiger partial charge in [-0.05, 0) is 55.6 Å². The second kappa shape index (κ2) is 6.53. The number of nitrogens with one attached hydrogen (secondary N) is 1. The van der Waals surface area contributed by atoms with Crippen molar-refractivity contribution in [2.75, 3.05) is 6.54 Å². The molecule has 0 saturated carbocycles. The molecule has 0 radical (unpaired) electrons. The summed E-state index contributed by atoms with van der Waals surface area (Å²) in [5, 5.41) is 3.49. The van der Waals surface area contributed by atoms with Crippen LogP contribution in [-0.2, 0) is 6.42 Å². The first-order valence-electron chi connectivity index (χ1n) is 6.72. The largest absolute Gasteiger partial charge is 0.467 e. The molecule has 2 aromatic rings. The lowest BCUT2D eigenvalue weighted by atomic mass is 10.0. The smallest absolute Gasteiger partial charge is 0.123 e. The fraction of sp³-hybridized carbons (Fsp3) is 0.375. The van der Waals surface area contributed by atoms with Crippen molar-refractivity contribution < 1.29 is 8.81 Å². The minimum atomic E-state index is -0.198. The fourth-order valence-electron chi connectivity index (χ4n) is 2.17. The summed E-state index contributed by atoms with van der Waals surface area (Å²) in [5.41, 5.74) is 2.25. The molecule has 1 unspecified atom stereocenters. The maximum Gasteiger partial charge on any atom is 0.123 e. The number of aryl methyl sites for hydroxylation is 1. The van der Waals surface area contributed by atoms with Crippen LogP contribution in [0.3, 0.4) is 0 Å². The number of rotatable bonds is 6. The van der Waals surface area contributed by atoms with E-state index in [0.29, 0.717) is 0 Å². The van der Waals surface area contributed by atoms with Gasteiger partial charge in [0.1, 0.15) is 11.6 Å². The van der Waals surface area contributed by atoms with Gasteiger partial charge >= 0.3 is 0 Å². The zero-order valence-electron chi connectivity index (χ0n) is 11.4. The average Bonchev–Trinajstić information content (AvgIpc) is 2.83. The normalized spacial score (nSPS) is 12.6. The summed E-state index contributed by atoms with van der Waals surface area (Å²) in [6, 6.07) is 8.77. The predicted octanol–water partition coefficient (Wildman–Crippen LogP) is 4.01. The van der Waals surface area contributed by atoms with Crippen LogP contribution in [0.2, 0.25) is 0 Å². The second-order valence-electron chi connectivity index (χ2n) is 4.81. The van der Waals surface area contributed by atoms with E-state index in [1.807, 2.05) is 25.1 Å². The molecule has 102 valence electrons. The maximum absolute atomic E-state index is 12.9. The highest BCUT2D eigenvalue weighted by atomic mass is 19.1. The van der Waals surface area contributed by atoms with E-state index in [2.05, 4.69) is 12.2 Å². The van der Waals surface area contributed by atoms with Gasteiger partial charge < -0.3 is 9.73 Å². The molecule has 0 spiro atoms. The highest BCUT2D eigenvalue weighted by Crippen LogP contribution is 2.22. The molecule has 3 heteroatoms. The molecule has 0 aliphatic heterocycles. The minimum Gasteiger partial charge on any atom is -0.467 e. The van der Waals surface area contributed by atoms with E-state index in [9.17, 15) is 4.39 Å². The highest BCUT2D eigenvalue weighted by molar-refractivity contribution is 5.23. The van der Waals surface area contributed by atoms with E-state index in [0.717, 1.165) is 36.3 Å². The summed E-state index contributed by atoms with van der Waals surface area (Å²) in [5.74, 6) is 0.772. The van der Waals surface area contributed by atoms with Crippen molar-refractivity contribution >= 4 is 0 Å². The van der Waals surface area contributed by atoms with E-state index >= 15 is 0 Å². The molecule has 0 aliphatic rings. The van der Waals surface area contributed by atoms with Crippen LogP contribution in [0, 0.1) is 12.7 Å². The van der Waals surface area contributed by atoms with E-state index in [4.69, 9.17) is 4.42 Å². The SMILES string of the molecule is CCCNC(Cc1ccc(F)cc1)c1occc1C. The van der Waals surface area contributed by atoms with Gasteiger partial charge in [0.2, 0.25) is 0 Å². The number of furan rings is 1. The Morgan fingerprint density at radius 3 is 2.53 bits per heavy atom. The quantitative estimate of drug-likeness (QED) is 0.850. The molecule has 19 heavy (non-hydrogen) atoms.